The zero-order valence-electron chi connectivity index (χ0n) is 17.6. The smallest absolute Gasteiger partial charge is 0.289 e. The first-order chi connectivity index (χ1) is 14.9. The van der Waals surface area contributed by atoms with Crippen molar-refractivity contribution in [3.8, 4) is 0 Å². The number of nitrogens with zero attached hydrogens (tertiary/aromatic N) is 2. The van der Waals surface area contributed by atoms with Crippen LogP contribution in [0.1, 0.15) is 27.4 Å². The third kappa shape index (κ3) is 4.86. The van der Waals surface area contributed by atoms with Crippen LogP contribution in [0, 0.1) is 13.8 Å². The van der Waals surface area contributed by atoms with E-state index in [9.17, 15) is 9.00 Å². The predicted octanol–water partition coefficient (Wildman–Crippen LogP) is 4.82. The van der Waals surface area contributed by atoms with Gasteiger partial charge in [-0.25, -0.2) is 0 Å². The first kappa shape index (κ1) is 21.7. The molecule has 1 atom stereocenters. The van der Waals surface area contributed by atoms with Crippen molar-refractivity contribution in [3.63, 3.8) is 0 Å². The van der Waals surface area contributed by atoms with Crippen molar-refractivity contribution in [3.05, 3.63) is 82.3 Å². The lowest BCUT2D eigenvalue weighted by Crippen LogP contribution is -2.49. The van der Waals surface area contributed by atoms with Crippen molar-refractivity contribution in [2.24, 2.45) is 0 Å². The summed E-state index contributed by atoms with van der Waals surface area (Å²) < 4.78 is 18.3. The normalized spacial score (nSPS) is 15.2. The largest absolute Gasteiger partial charge is 0.455 e. The van der Waals surface area contributed by atoms with Gasteiger partial charge in [0.15, 0.2) is 5.76 Å². The number of carbonyl (C=O) groups is 1. The predicted molar refractivity (Wildman–Crippen MR) is 124 cm³/mol. The van der Waals surface area contributed by atoms with E-state index in [4.69, 9.17) is 16.0 Å². The Bertz CT molecular complexity index is 1100. The van der Waals surface area contributed by atoms with E-state index < -0.39 is 10.8 Å². The zero-order chi connectivity index (χ0) is 22.0. The molecule has 1 aromatic heterocycles. The maximum atomic E-state index is 12.9. The summed E-state index contributed by atoms with van der Waals surface area (Å²) in [6, 6.07) is 16.6. The fraction of sp³-hybridized carbons (Fsp3) is 0.292. The van der Waals surface area contributed by atoms with Gasteiger partial charge in [0.2, 0.25) is 0 Å². The van der Waals surface area contributed by atoms with Gasteiger partial charge in [-0.15, -0.1) is 0 Å². The maximum Gasteiger partial charge on any atom is 0.289 e. The van der Waals surface area contributed by atoms with Crippen molar-refractivity contribution < 1.29 is 13.4 Å². The van der Waals surface area contributed by atoms with Gasteiger partial charge in [-0.1, -0.05) is 23.7 Å². The lowest BCUT2D eigenvalue weighted by atomic mass is 10.1. The average molecular weight is 457 g/mol. The topological polar surface area (TPSA) is 53.8 Å². The Morgan fingerprint density at radius 3 is 2.42 bits per heavy atom. The van der Waals surface area contributed by atoms with Crippen molar-refractivity contribution in [1.29, 1.82) is 0 Å². The van der Waals surface area contributed by atoms with Gasteiger partial charge in [0.05, 0.1) is 16.6 Å². The van der Waals surface area contributed by atoms with Crippen LogP contribution >= 0.6 is 11.6 Å². The molecule has 0 unspecified atom stereocenters. The van der Waals surface area contributed by atoms with E-state index in [1.54, 1.807) is 36.4 Å². The quantitative estimate of drug-likeness (QED) is 0.552. The van der Waals surface area contributed by atoms with Gasteiger partial charge < -0.3 is 14.2 Å². The number of rotatable bonds is 5. The Morgan fingerprint density at radius 1 is 1.00 bits per heavy atom. The summed E-state index contributed by atoms with van der Waals surface area (Å²) in [7, 11) is -1.26. The molecule has 0 radical (unpaired) electrons. The van der Waals surface area contributed by atoms with Gasteiger partial charge in [-0.2, -0.15) is 0 Å². The van der Waals surface area contributed by atoms with E-state index in [1.807, 2.05) is 4.90 Å². The van der Waals surface area contributed by atoms with Crippen LogP contribution in [0.25, 0.3) is 0 Å². The van der Waals surface area contributed by atoms with Crippen LogP contribution in [0.15, 0.2) is 63.9 Å². The van der Waals surface area contributed by atoms with E-state index in [-0.39, 0.29) is 11.7 Å². The molecular formula is C24H25ClN2O3S. The highest BCUT2D eigenvalue weighted by Crippen LogP contribution is 2.24. The molecule has 0 bridgehead atoms. The van der Waals surface area contributed by atoms with E-state index in [0.717, 1.165) is 13.1 Å². The molecule has 5 nitrogen and oxygen atoms in total. The minimum Gasteiger partial charge on any atom is -0.455 e. The van der Waals surface area contributed by atoms with Crippen molar-refractivity contribution in [2.45, 2.75) is 24.5 Å². The minimum atomic E-state index is -1.26. The Balaban J connectivity index is 1.36. The molecule has 3 aromatic rings. The standard InChI is InChI=1S/C24H25ClN2O3S/c1-17-4-3-5-22(18(17)2)26-12-14-27(15-13-26)24(28)23-11-8-20(30-23)16-31(29)21-9-6-19(25)7-10-21/h3-11H,12-16H2,1-2H3/t31-/m1/s1. The molecule has 0 N–H and O–H groups in total. The monoisotopic (exact) mass is 456 g/mol. The molecule has 7 heteroatoms. The Hall–Kier alpha value is -2.57. The summed E-state index contributed by atoms with van der Waals surface area (Å²) >= 11 is 5.88. The molecule has 31 heavy (non-hydrogen) atoms. The van der Waals surface area contributed by atoms with Crippen molar-refractivity contribution in [2.75, 3.05) is 31.1 Å². The molecule has 0 aliphatic carbocycles. The number of halogens is 1. The number of carbonyl (C=O) groups excluding carboxylic acids is 1. The molecule has 1 fully saturated rings. The molecule has 2 heterocycles. The second kappa shape index (κ2) is 9.28. The second-order valence-corrected chi connectivity index (χ2v) is 9.60. The highest BCUT2D eigenvalue weighted by Gasteiger charge is 2.25. The molecule has 0 spiro atoms. The molecule has 2 aromatic carbocycles. The van der Waals surface area contributed by atoms with Gasteiger partial charge in [0, 0.05) is 41.8 Å². The van der Waals surface area contributed by atoms with Crippen LogP contribution in [-0.4, -0.2) is 41.2 Å². The summed E-state index contributed by atoms with van der Waals surface area (Å²) in [5, 5.41) is 0.601. The molecule has 162 valence electrons. The lowest BCUT2D eigenvalue weighted by Gasteiger charge is -2.36. The van der Waals surface area contributed by atoms with Gasteiger partial charge >= 0.3 is 0 Å². The Morgan fingerprint density at radius 2 is 1.71 bits per heavy atom. The van der Waals surface area contributed by atoms with Crippen LogP contribution in [0.3, 0.4) is 0 Å². The van der Waals surface area contributed by atoms with E-state index in [1.165, 1.54) is 16.8 Å². The Labute approximate surface area is 190 Å². The van der Waals surface area contributed by atoms with E-state index >= 15 is 0 Å². The van der Waals surface area contributed by atoms with Gasteiger partial charge in [-0.3, -0.25) is 9.00 Å². The minimum absolute atomic E-state index is 0.121. The van der Waals surface area contributed by atoms with E-state index in [2.05, 4.69) is 36.9 Å². The van der Waals surface area contributed by atoms with Gasteiger partial charge in [-0.05, 0) is 67.4 Å². The number of amides is 1. The highest BCUT2D eigenvalue weighted by atomic mass is 35.5. The Kier molecular flexibility index (Phi) is 6.49. The zero-order valence-corrected chi connectivity index (χ0v) is 19.2. The summed E-state index contributed by atoms with van der Waals surface area (Å²) in [4.78, 5) is 17.7. The molecule has 1 aliphatic rings. The number of anilines is 1. The third-order valence-corrected chi connectivity index (χ3v) is 7.30. The highest BCUT2D eigenvalue weighted by molar-refractivity contribution is 7.84. The van der Waals surface area contributed by atoms with Gasteiger partial charge in [0.25, 0.3) is 5.91 Å². The van der Waals surface area contributed by atoms with Gasteiger partial charge in [0.1, 0.15) is 5.76 Å². The molecule has 4 rings (SSSR count). The third-order valence-electron chi connectivity index (χ3n) is 5.71. The van der Waals surface area contributed by atoms with Crippen LogP contribution in [0.5, 0.6) is 0 Å². The van der Waals surface area contributed by atoms with Crippen LogP contribution in [0.2, 0.25) is 5.02 Å². The van der Waals surface area contributed by atoms with E-state index in [0.29, 0.717) is 34.5 Å². The summed E-state index contributed by atoms with van der Waals surface area (Å²) in [5.41, 5.74) is 3.79. The average Bonchev–Trinajstić information content (AvgIpc) is 3.24. The maximum absolute atomic E-state index is 12.9. The number of hydrogen-bond donors (Lipinski definition) is 0. The summed E-state index contributed by atoms with van der Waals surface area (Å²) in [5.74, 6) is 0.924. The van der Waals surface area contributed by atoms with Crippen molar-refractivity contribution in [1.82, 2.24) is 4.90 Å². The second-order valence-electron chi connectivity index (χ2n) is 7.71. The van der Waals surface area contributed by atoms with Crippen LogP contribution in [0.4, 0.5) is 5.69 Å². The first-order valence-corrected chi connectivity index (χ1v) is 11.9. The molecule has 1 saturated heterocycles. The molecule has 0 saturated carbocycles. The number of aryl methyl sites for hydroxylation is 1. The first-order valence-electron chi connectivity index (χ1n) is 10.3. The summed E-state index contributed by atoms with van der Waals surface area (Å²) in [6.07, 6.45) is 0. The lowest BCUT2D eigenvalue weighted by molar-refractivity contribution is 0.0713. The number of hydrogen-bond acceptors (Lipinski definition) is 4. The fourth-order valence-corrected chi connectivity index (χ4v) is 4.90. The molecule has 1 aliphatic heterocycles. The molecule has 1 amide bonds. The van der Waals surface area contributed by atoms with Crippen LogP contribution in [-0.2, 0) is 16.6 Å². The number of piperazine rings is 1. The van der Waals surface area contributed by atoms with Crippen molar-refractivity contribution >= 4 is 34.0 Å². The SMILES string of the molecule is Cc1cccc(N2CCN(C(=O)c3ccc(C[S@@](=O)c4ccc(Cl)cc4)o3)CC2)c1C. The number of benzene rings is 2. The van der Waals surface area contributed by atoms with Crippen LogP contribution < -0.4 is 4.90 Å². The molecular weight excluding hydrogens is 432 g/mol. The summed E-state index contributed by atoms with van der Waals surface area (Å²) in [6.45, 7) is 7.10. The fourth-order valence-electron chi connectivity index (χ4n) is 3.75. The number of furan rings is 1.